The lowest BCUT2D eigenvalue weighted by Gasteiger charge is -2.22. The van der Waals surface area contributed by atoms with Gasteiger partial charge in [0.1, 0.15) is 11.3 Å². The number of carbonyl (C=O) groups is 2. The van der Waals surface area contributed by atoms with Crippen LogP contribution < -0.4 is 10.1 Å². The van der Waals surface area contributed by atoms with Gasteiger partial charge in [0.2, 0.25) is 0 Å². The summed E-state index contributed by atoms with van der Waals surface area (Å²) in [6, 6.07) is 6.70. The number of imide groups is 1. The Morgan fingerprint density at radius 1 is 1.35 bits per heavy atom. The number of nitrogens with one attached hydrogen (secondary N) is 1. The van der Waals surface area contributed by atoms with Crippen molar-refractivity contribution in [1.29, 1.82) is 0 Å². The molecule has 5 heteroatoms. The summed E-state index contributed by atoms with van der Waals surface area (Å²) >= 11 is 0. The Labute approximate surface area is 118 Å². The molecule has 1 fully saturated rings. The smallest absolute Gasteiger partial charge is 0.325 e. The van der Waals surface area contributed by atoms with E-state index in [1.807, 2.05) is 0 Å². The van der Waals surface area contributed by atoms with E-state index in [0.29, 0.717) is 5.75 Å². The van der Waals surface area contributed by atoms with E-state index in [1.165, 1.54) is 4.90 Å². The molecule has 1 aromatic carbocycles. The van der Waals surface area contributed by atoms with Crippen molar-refractivity contribution < 1.29 is 14.3 Å². The van der Waals surface area contributed by atoms with Gasteiger partial charge in [-0.05, 0) is 31.5 Å². The van der Waals surface area contributed by atoms with Gasteiger partial charge in [-0.2, -0.15) is 0 Å². The fourth-order valence-corrected chi connectivity index (χ4v) is 2.23. The molecule has 1 heterocycles. The summed E-state index contributed by atoms with van der Waals surface area (Å²) in [6.07, 6.45) is 0. The number of carbonyl (C=O) groups excluding carboxylic acids is 2. The lowest BCUT2D eigenvalue weighted by atomic mass is 9.92. The average Bonchev–Trinajstić information content (AvgIpc) is 2.63. The van der Waals surface area contributed by atoms with Crippen LogP contribution in [0.5, 0.6) is 5.75 Å². The molecule has 0 unspecified atom stereocenters. The zero-order chi connectivity index (χ0) is 14.9. The highest BCUT2D eigenvalue weighted by atomic mass is 16.5. The minimum Gasteiger partial charge on any atom is -0.497 e. The van der Waals surface area contributed by atoms with Gasteiger partial charge in [-0.15, -0.1) is 0 Å². The second-order valence-corrected chi connectivity index (χ2v) is 5.13. The number of amides is 3. The topological polar surface area (TPSA) is 58.6 Å². The van der Waals surface area contributed by atoms with Crippen LogP contribution in [-0.4, -0.2) is 30.5 Å². The molecule has 0 aromatic heterocycles. The number of nitrogens with zero attached hydrogens (tertiary/aromatic N) is 1. The lowest BCUT2D eigenvalue weighted by Crippen LogP contribution is -2.41. The zero-order valence-corrected chi connectivity index (χ0v) is 11.9. The monoisotopic (exact) mass is 274 g/mol. The normalized spacial score (nSPS) is 21.9. The average molecular weight is 274 g/mol. The van der Waals surface area contributed by atoms with Crippen molar-refractivity contribution in [3.63, 3.8) is 0 Å². The van der Waals surface area contributed by atoms with E-state index in [0.717, 1.165) is 11.1 Å². The third-order valence-corrected chi connectivity index (χ3v) is 3.37. The van der Waals surface area contributed by atoms with Gasteiger partial charge in [0.05, 0.1) is 13.7 Å². The molecule has 5 nitrogen and oxygen atoms in total. The van der Waals surface area contributed by atoms with Crippen LogP contribution in [0.3, 0.4) is 0 Å². The highest BCUT2D eigenvalue weighted by Gasteiger charge is 2.48. The predicted octanol–water partition coefficient (Wildman–Crippen LogP) is 2.04. The van der Waals surface area contributed by atoms with Gasteiger partial charge in [0.15, 0.2) is 0 Å². The second-order valence-electron chi connectivity index (χ2n) is 5.13. The van der Waals surface area contributed by atoms with Crippen LogP contribution in [0.2, 0.25) is 0 Å². The Balaban J connectivity index is 2.32. The predicted molar refractivity (Wildman–Crippen MR) is 75.4 cm³/mol. The first-order valence-electron chi connectivity index (χ1n) is 6.31. The zero-order valence-electron chi connectivity index (χ0n) is 11.9. The van der Waals surface area contributed by atoms with Crippen LogP contribution in [0.4, 0.5) is 4.79 Å². The molecule has 0 bridgehead atoms. The Morgan fingerprint density at radius 3 is 2.45 bits per heavy atom. The number of methoxy groups -OCH3 is 1. The summed E-state index contributed by atoms with van der Waals surface area (Å²) in [5, 5.41) is 2.74. The van der Waals surface area contributed by atoms with Crippen molar-refractivity contribution in [3.05, 3.63) is 42.0 Å². The molecule has 0 saturated carbocycles. The number of urea groups is 1. The Morgan fingerprint density at radius 2 is 1.95 bits per heavy atom. The molecule has 20 heavy (non-hydrogen) atoms. The van der Waals surface area contributed by atoms with E-state index in [1.54, 1.807) is 45.2 Å². The van der Waals surface area contributed by atoms with Gasteiger partial charge in [0, 0.05) is 0 Å². The minimum atomic E-state index is -1.04. The van der Waals surface area contributed by atoms with Crippen molar-refractivity contribution in [2.75, 3.05) is 13.7 Å². The van der Waals surface area contributed by atoms with E-state index < -0.39 is 11.6 Å². The van der Waals surface area contributed by atoms with Gasteiger partial charge in [-0.25, -0.2) is 4.79 Å². The van der Waals surface area contributed by atoms with Crippen molar-refractivity contribution in [2.24, 2.45) is 0 Å². The quantitative estimate of drug-likeness (QED) is 0.675. The molecule has 1 aliphatic heterocycles. The highest BCUT2D eigenvalue weighted by molar-refractivity contribution is 6.07. The largest absolute Gasteiger partial charge is 0.497 e. The number of rotatable bonds is 4. The van der Waals surface area contributed by atoms with E-state index in [4.69, 9.17) is 4.74 Å². The Kier molecular flexibility index (Phi) is 3.53. The van der Waals surface area contributed by atoms with Crippen LogP contribution in [0.1, 0.15) is 19.4 Å². The summed E-state index contributed by atoms with van der Waals surface area (Å²) in [4.78, 5) is 25.6. The Hall–Kier alpha value is -2.30. The van der Waals surface area contributed by atoms with Crippen LogP contribution in [0, 0.1) is 0 Å². The van der Waals surface area contributed by atoms with E-state index >= 15 is 0 Å². The summed E-state index contributed by atoms with van der Waals surface area (Å²) in [5.74, 6) is 0.434. The summed E-state index contributed by atoms with van der Waals surface area (Å²) in [6.45, 7) is 7.46. The van der Waals surface area contributed by atoms with Gasteiger partial charge >= 0.3 is 6.03 Å². The van der Waals surface area contributed by atoms with Crippen LogP contribution >= 0.6 is 0 Å². The standard InChI is InChI=1S/C15H18N2O3/c1-10(2)9-17-13(18)15(3,16-14(17)19)11-5-7-12(20-4)8-6-11/h5-8H,1,9H2,2-4H3,(H,16,19)/t15-/m0/s1. The maximum Gasteiger partial charge on any atom is 0.325 e. The van der Waals surface area contributed by atoms with Crippen molar-refractivity contribution >= 4 is 11.9 Å². The molecule has 1 aromatic rings. The van der Waals surface area contributed by atoms with E-state index in [9.17, 15) is 9.59 Å². The van der Waals surface area contributed by atoms with Crippen molar-refractivity contribution in [1.82, 2.24) is 10.2 Å². The maximum absolute atomic E-state index is 12.5. The number of hydrogen-bond acceptors (Lipinski definition) is 3. The van der Waals surface area contributed by atoms with E-state index in [2.05, 4.69) is 11.9 Å². The molecule has 1 N–H and O–H groups in total. The molecule has 2 rings (SSSR count). The summed E-state index contributed by atoms with van der Waals surface area (Å²) in [7, 11) is 1.58. The number of hydrogen-bond donors (Lipinski definition) is 1. The summed E-state index contributed by atoms with van der Waals surface area (Å²) in [5.41, 5.74) is 0.437. The molecule has 3 amide bonds. The molecule has 1 aliphatic rings. The lowest BCUT2D eigenvalue weighted by molar-refractivity contribution is -0.130. The summed E-state index contributed by atoms with van der Waals surface area (Å²) < 4.78 is 5.09. The molecule has 0 radical (unpaired) electrons. The molecular weight excluding hydrogens is 256 g/mol. The first kappa shape index (κ1) is 14.1. The fraction of sp³-hybridized carbons (Fsp3) is 0.333. The number of benzene rings is 1. The van der Waals surface area contributed by atoms with Gasteiger partial charge in [-0.1, -0.05) is 24.3 Å². The molecule has 1 atom stereocenters. The first-order chi connectivity index (χ1) is 9.38. The van der Waals surface area contributed by atoms with E-state index in [-0.39, 0.29) is 12.5 Å². The third-order valence-electron chi connectivity index (χ3n) is 3.37. The maximum atomic E-state index is 12.5. The second kappa shape index (κ2) is 5.00. The van der Waals surface area contributed by atoms with Crippen LogP contribution in [-0.2, 0) is 10.3 Å². The van der Waals surface area contributed by atoms with Crippen molar-refractivity contribution in [2.45, 2.75) is 19.4 Å². The van der Waals surface area contributed by atoms with Crippen molar-refractivity contribution in [3.8, 4) is 5.75 Å². The molecule has 0 aliphatic carbocycles. The van der Waals surface area contributed by atoms with Crippen LogP contribution in [0.25, 0.3) is 0 Å². The van der Waals surface area contributed by atoms with Gasteiger partial charge in [-0.3, -0.25) is 9.69 Å². The fourth-order valence-electron chi connectivity index (χ4n) is 2.23. The first-order valence-corrected chi connectivity index (χ1v) is 6.31. The molecule has 1 saturated heterocycles. The highest BCUT2D eigenvalue weighted by Crippen LogP contribution is 2.30. The molecule has 0 spiro atoms. The SMILES string of the molecule is C=C(C)CN1C(=O)N[C@@](C)(c2ccc(OC)cc2)C1=O. The number of ether oxygens (including phenoxy) is 1. The van der Waals surface area contributed by atoms with Crippen LogP contribution in [0.15, 0.2) is 36.4 Å². The molecule has 106 valence electrons. The van der Waals surface area contributed by atoms with Gasteiger partial charge < -0.3 is 10.1 Å². The van der Waals surface area contributed by atoms with Gasteiger partial charge in [0.25, 0.3) is 5.91 Å². The third kappa shape index (κ3) is 2.27. The minimum absolute atomic E-state index is 0.233. The molecular formula is C15H18N2O3. The Bertz CT molecular complexity index is 565.